The van der Waals surface area contributed by atoms with Gasteiger partial charge in [-0.05, 0) is 42.3 Å². The van der Waals surface area contributed by atoms with Crippen LogP contribution in [0.15, 0.2) is 71.7 Å². The zero-order valence-corrected chi connectivity index (χ0v) is 14.5. The zero-order valence-electron chi connectivity index (χ0n) is 13.7. The predicted molar refractivity (Wildman–Crippen MR) is 100 cm³/mol. The molecule has 0 aliphatic carbocycles. The first-order valence-corrected chi connectivity index (χ1v) is 8.22. The second-order valence-corrected chi connectivity index (χ2v) is 6.21. The molecule has 0 unspecified atom stereocenters. The molecule has 0 radical (unpaired) electrons. The van der Waals surface area contributed by atoms with Gasteiger partial charge in [0.25, 0.3) is 11.5 Å². The number of carbonyl (C=O) groups is 1. The van der Waals surface area contributed by atoms with Crippen molar-refractivity contribution in [3.63, 3.8) is 0 Å². The van der Waals surface area contributed by atoms with Crippen LogP contribution in [0, 0.1) is 6.92 Å². The topological polar surface area (TPSA) is 51.1 Å². The van der Waals surface area contributed by atoms with E-state index in [1.807, 2.05) is 49.4 Å². The number of hydrogen-bond donors (Lipinski definition) is 1. The molecule has 0 bridgehead atoms. The summed E-state index contributed by atoms with van der Waals surface area (Å²) in [4.78, 5) is 24.6. The lowest BCUT2D eigenvalue weighted by Gasteiger charge is -2.10. The first-order chi connectivity index (χ1) is 12.0. The Bertz CT molecular complexity index is 979. The fourth-order valence-corrected chi connectivity index (χ4v) is 2.72. The molecular formula is C20H17ClN2O2. The molecule has 0 saturated heterocycles. The SMILES string of the molecule is Cc1cccc(NC(=O)c2ccc(=O)n(Cc3ccccc3Cl)c2)c1. The Kier molecular flexibility index (Phi) is 5.00. The van der Waals surface area contributed by atoms with Crippen molar-refractivity contribution in [1.29, 1.82) is 0 Å². The molecule has 0 aliphatic heterocycles. The van der Waals surface area contributed by atoms with Crippen molar-refractivity contribution in [3.05, 3.63) is 98.9 Å². The quantitative estimate of drug-likeness (QED) is 0.768. The molecule has 1 amide bonds. The van der Waals surface area contributed by atoms with E-state index in [4.69, 9.17) is 11.6 Å². The van der Waals surface area contributed by atoms with Gasteiger partial charge in [-0.2, -0.15) is 0 Å². The molecule has 2 aromatic carbocycles. The van der Waals surface area contributed by atoms with Crippen LogP contribution in [-0.2, 0) is 6.54 Å². The van der Waals surface area contributed by atoms with Crippen LogP contribution in [0.25, 0.3) is 0 Å². The van der Waals surface area contributed by atoms with Crippen molar-refractivity contribution in [2.24, 2.45) is 0 Å². The Labute approximate surface area is 150 Å². The summed E-state index contributed by atoms with van der Waals surface area (Å²) in [6.07, 6.45) is 1.55. The lowest BCUT2D eigenvalue weighted by Crippen LogP contribution is -2.22. The van der Waals surface area contributed by atoms with Crippen molar-refractivity contribution in [3.8, 4) is 0 Å². The number of amides is 1. The molecule has 3 rings (SSSR count). The van der Waals surface area contributed by atoms with Crippen LogP contribution >= 0.6 is 11.6 Å². The Morgan fingerprint density at radius 1 is 1.08 bits per heavy atom. The maximum absolute atomic E-state index is 12.5. The van der Waals surface area contributed by atoms with Crippen molar-refractivity contribution in [2.75, 3.05) is 5.32 Å². The van der Waals surface area contributed by atoms with Gasteiger partial charge in [-0.25, -0.2) is 0 Å². The third-order valence-corrected chi connectivity index (χ3v) is 4.19. The van der Waals surface area contributed by atoms with Crippen LogP contribution < -0.4 is 10.9 Å². The minimum atomic E-state index is -0.265. The van der Waals surface area contributed by atoms with E-state index in [1.54, 1.807) is 12.3 Å². The number of hydrogen-bond acceptors (Lipinski definition) is 2. The van der Waals surface area contributed by atoms with E-state index in [2.05, 4.69) is 5.32 Å². The van der Waals surface area contributed by atoms with Crippen LogP contribution in [0.4, 0.5) is 5.69 Å². The Morgan fingerprint density at radius 3 is 2.64 bits per heavy atom. The molecule has 0 atom stereocenters. The van der Waals surface area contributed by atoms with Gasteiger partial charge in [0, 0.05) is 23.0 Å². The van der Waals surface area contributed by atoms with E-state index in [0.717, 1.165) is 11.1 Å². The number of benzene rings is 2. The molecule has 0 aliphatic rings. The van der Waals surface area contributed by atoms with Crippen molar-refractivity contribution in [1.82, 2.24) is 4.57 Å². The Balaban J connectivity index is 1.85. The van der Waals surface area contributed by atoms with Crippen LogP contribution in [0.1, 0.15) is 21.5 Å². The summed E-state index contributed by atoms with van der Waals surface area (Å²) in [6.45, 7) is 2.27. The fourth-order valence-electron chi connectivity index (χ4n) is 2.53. The lowest BCUT2D eigenvalue weighted by molar-refractivity contribution is 0.102. The number of aromatic nitrogens is 1. The van der Waals surface area contributed by atoms with Crippen LogP contribution in [-0.4, -0.2) is 10.5 Å². The average molecular weight is 353 g/mol. The Hall–Kier alpha value is -2.85. The first kappa shape index (κ1) is 17.0. The largest absolute Gasteiger partial charge is 0.322 e. The molecule has 0 saturated carbocycles. The number of nitrogens with zero attached hydrogens (tertiary/aromatic N) is 1. The third-order valence-electron chi connectivity index (χ3n) is 3.82. The van der Waals surface area contributed by atoms with Gasteiger partial charge >= 0.3 is 0 Å². The summed E-state index contributed by atoms with van der Waals surface area (Å²) < 4.78 is 1.48. The number of carbonyl (C=O) groups excluding carboxylic acids is 1. The van der Waals surface area contributed by atoms with E-state index >= 15 is 0 Å². The summed E-state index contributed by atoms with van der Waals surface area (Å²) >= 11 is 6.16. The summed E-state index contributed by atoms with van der Waals surface area (Å²) in [5.74, 6) is -0.265. The molecule has 4 nitrogen and oxygen atoms in total. The smallest absolute Gasteiger partial charge is 0.257 e. The molecule has 1 N–H and O–H groups in total. The van der Waals surface area contributed by atoms with E-state index in [-0.39, 0.29) is 11.5 Å². The first-order valence-electron chi connectivity index (χ1n) is 7.85. The molecule has 1 aromatic heterocycles. The molecule has 1 heterocycles. The van der Waals surface area contributed by atoms with Gasteiger partial charge < -0.3 is 9.88 Å². The number of aryl methyl sites for hydroxylation is 1. The highest BCUT2D eigenvalue weighted by Crippen LogP contribution is 2.16. The van der Waals surface area contributed by atoms with E-state index in [1.165, 1.54) is 16.7 Å². The molecule has 5 heteroatoms. The molecule has 0 fully saturated rings. The van der Waals surface area contributed by atoms with Gasteiger partial charge in [0.2, 0.25) is 0 Å². The highest BCUT2D eigenvalue weighted by Gasteiger charge is 2.09. The maximum atomic E-state index is 12.5. The van der Waals surface area contributed by atoms with Crippen LogP contribution in [0.3, 0.4) is 0 Å². The fraction of sp³-hybridized carbons (Fsp3) is 0.100. The molecule has 0 spiro atoms. The number of anilines is 1. The van der Waals surface area contributed by atoms with Gasteiger partial charge in [0.15, 0.2) is 0 Å². The molecule has 25 heavy (non-hydrogen) atoms. The minimum Gasteiger partial charge on any atom is -0.322 e. The number of rotatable bonds is 4. The maximum Gasteiger partial charge on any atom is 0.257 e. The predicted octanol–water partition coefficient (Wildman–Crippen LogP) is 4.11. The number of pyridine rings is 1. The minimum absolute atomic E-state index is 0.188. The summed E-state index contributed by atoms with van der Waals surface area (Å²) in [5, 5.41) is 3.43. The monoisotopic (exact) mass is 352 g/mol. The summed E-state index contributed by atoms with van der Waals surface area (Å²) in [5.41, 5.74) is 2.82. The van der Waals surface area contributed by atoms with Gasteiger partial charge in [-0.15, -0.1) is 0 Å². The van der Waals surface area contributed by atoms with Crippen LogP contribution in [0.5, 0.6) is 0 Å². The average Bonchev–Trinajstić information content (AvgIpc) is 2.58. The molecule has 126 valence electrons. The lowest BCUT2D eigenvalue weighted by atomic mass is 10.2. The standard InChI is InChI=1S/C20H17ClN2O2/c1-14-5-4-7-17(11-14)22-20(25)16-9-10-19(24)23(13-16)12-15-6-2-3-8-18(15)21/h2-11,13H,12H2,1H3,(H,22,25). The summed E-state index contributed by atoms with van der Waals surface area (Å²) in [6, 6.07) is 17.8. The van der Waals surface area contributed by atoms with Crippen molar-refractivity contribution < 1.29 is 4.79 Å². The van der Waals surface area contributed by atoms with Crippen LogP contribution in [0.2, 0.25) is 5.02 Å². The molecular weight excluding hydrogens is 336 g/mol. The summed E-state index contributed by atoms with van der Waals surface area (Å²) in [7, 11) is 0. The Morgan fingerprint density at radius 2 is 1.88 bits per heavy atom. The van der Waals surface area contributed by atoms with E-state index in [0.29, 0.717) is 22.8 Å². The second kappa shape index (κ2) is 7.36. The molecule has 3 aromatic rings. The van der Waals surface area contributed by atoms with Crippen molar-refractivity contribution in [2.45, 2.75) is 13.5 Å². The van der Waals surface area contributed by atoms with Crippen molar-refractivity contribution >= 4 is 23.2 Å². The second-order valence-electron chi connectivity index (χ2n) is 5.80. The zero-order chi connectivity index (χ0) is 17.8. The normalized spacial score (nSPS) is 10.5. The van der Waals surface area contributed by atoms with E-state index < -0.39 is 0 Å². The highest BCUT2D eigenvalue weighted by molar-refractivity contribution is 6.31. The van der Waals surface area contributed by atoms with Gasteiger partial charge in [-0.3, -0.25) is 9.59 Å². The highest BCUT2D eigenvalue weighted by atomic mass is 35.5. The van der Waals surface area contributed by atoms with Gasteiger partial charge in [0.1, 0.15) is 0 Å². The number of nitrogens with one attached hydrogen (secondary N) is 1. The van der Waals surface area contributed by atoms with E-state index in [9.17, 15) is 9.59 Å². The van der Waals surface area contributed by atoms with Gasteiger partial charge in [-0.1, -0.05) is 41.9 Å². The number of halogens is 1. The third kappa shape index (κ3) is 4.17. The van der Waals surface area contributed by atoms with Gasteiger partial charge in [0.05, 0.1) is 12.1 Å².